The van der Waals surface area contributed by atoms with Crippen molar-refractivity contribution in [1.29, 1.82) is 0 Å². The van der Waals surface area contributed by atoms with E-state index < -0.39 is 0 Å². The first-order valence-electron chi connectivity index (χ1n) is 9.97. The van der Waals surface area contributed by atoms with Crippen LogP contribution < -0.4 is 5.32 Å². The van der Waals surface area contributed by atoms with E-state index in [0.29, 0.717) is 23.5 Å². The average Bonchev–Trinajstić information content (AvgIpc) is 3.43. The Balaban J connectivity index is 1.30. The fourth-order valence-electron chi connectivity index (χ4n) is 4.64. The third-order valence-electron chi connectivity index (χ3n) is 6.33. The van der Waals surface area contributed by atoms with Gasteiger partial charge in [0, 0.05) is 23.2 Å². The number of hydrogen-bond donors (Lipinski definition) is 1. The summed E-state index contributed by atoms with van der Waals surface area (Å²) in [6.07, 6.45) is 5.72. The molecule has 0 spiro atoms. The number of piperidine rings is 3. The van der Waals surface area contributed by atoms with E-state index in [9.17, 15) is 4.79 Å². The van der Waals surface area contributed by atoms with Crippen LogP contribution in [-0.2, 0) is 0 Å². The Hall–Kier alpha value is -2.79. The second-order valence-electron chi connectivity index (χ2n) is 7.87. The SMILES string of the molecule is C[C@H]1[C@H](NC(=O)c2ccc(-c3ccc(-c4ccoc4)cc3)o2)C2CCN1CC2. The van der Waals surface area contributed by atoms with Gasteiger partial charge in [-0.3, -0.25) is 9.69 Å². The third-order valence-corrected chi connectivity index (χ3v) is 6.33. The molecule has 1 aromatic carbocycles. The van der Waals surface area contributed by atoms with Crippen LogP contribution in [0.3, 0.4) is 0 Å². The zero-order valence-electron chi connectivity index (χ0n) is 15.9. The van der Waals surface area contributed by atoms with Crippen molar-refractivity contribution in [2.75, 3.05) is 13.1 Å². The normalized spacial score (nSPS) is 26.3. The van der Waals surface area contributed by atoms with Gasteiger partial charge in [0.1, 0.15) is 5.76 Å². The lowest BCUT2D eigenvalue weighted by Crippen LogP contribution is -2.62. The fraction of sp³-hybridized carbons (Fsp3) is 0.348. The molecule has 3 aliphatic heterocycles. The number of furan rings is 2. The maximum atomic E-state index is 12.8. The van der Waals surface area contributed by atoms with E-state index in [1.165, 1.54) is 12.8 Å². The van der Waals surface area contributed by atoms with Crippen LogP contribution in [0.25, 0.3) is 22.5 Å². The smallest absolute Gasteiger partial charge is 0.287 e. The maximum Gasteiger partial charge on any atom is 0.287 e. The fourth-order valence-corrected chi connectivity index (χ4v) is 4.64. The van der Waals surface area contributed by atoms with Gasteiger partial charge in [0.15, 0.2) is 5.76 Å². The highest BCUT2D eigenvalue weighted by molar-refractivity contribution is 5.92. The molecule has 1 N–H and O–H groups in total. The minimum Gasteiger partial charge on any atom is -0.472 e. The molecular weight excluding hydrogens is 352 g/mol. The Labute approximate surface area is 164 Å². The largest absolute Gasteiger partial charge is 0.472 e. The van der Waals surface area contributed by atoms with Gasteiger partial charge in [-0.1, -0.05) is 24.3 Å². The predicted octanol–water partition coefficient (Wildman–Crippen LogP) is 4.42. The number of fused-ring (bicyclic) bond motifs is 3. The van der Waals surface area contributed by atoms with Crippen LogP contribution in [0.4, 0.5) is 0 Å². The second-order valence-corrected chi connectivity index (χ2v) is 7.87. The molecule has 2 bridgehead atoms. The number of rotatable bonds is 4. The summed E-state index contributed by atoms with van der Waals surface area (Å²) in [5.41, 5.74) is 3.07. The van der Waals surface area contributed by atoms with Crippen molar-refractivity contribution in [1.82, 2.24) is 10.2 Å². The van der Waals surface area contributed by atoms with Gasteiger partial charge in [-0.25, -0.2) is 0 Å². The Bertz CT molecular complexity index is 948. The Kier molecular flexibility index (Phi) is 4.32. The first-order valence-corrected chi connectivity index (χ1v) is 9.97. The van der Waals surface area contributed by atoms with Crippen LogP contribution in [0.2, 0.25) is 0 Å². The first-order chi connectivity index (χ1) is 13.7. The third kappa shape index (κ3) is 3.06. The molecule has 3 saturated heterocycles. The molecule has 1 amide bonds. The van der Waals surface area contributed by atoms with Crippen LogP contribution in [0.15, 0.2) is 63.8 Å². The van der Waals surface area contributed by atoms with Crippen LogP contribution in [-0.4, -0.2) is 36.0 Å². The standard InChI is InChI=1S/C23H24N2O3/c1-15-22(18-8-11-25(15)12-9-18)24-23(26)21-7-6-20(28-21)17-4-2-16(3-5-17)19-10-13-27-14-19/h2-7,10,13-15,18,22H,8-9,11-12H2,1H3,(H,24,26)/t15-,22-/m0/s1. The molecule has 0 radical (unpaired) electrons. The molecule has 144 valence electrons. The minimum atomic E-state index is -0.119. The highest BCUT2D eigenvalue weighted by Gasteiger charge is 2.40. The summed E-state index contributed by atoms with van der Waals surface area (Å²) in [6.45, 7) is 4.52. The van der Waals surface area contributed by atoms with E-state index in [-0.39, 0.29) is 11.9 Å². The van der Waals surface area contributed by atoms with Gasteiger partial charge in [-0.2, -0.15) is 0 Å². The first kappa shape index (κ1) is 17.3. The Morgan fingerprint density at radius 2 is 1.75 bits per heavy atom. The van der Waals surface area contributed by atoms with Gasteiger partial charge in [0.05, 0.1) is 12.5 Å². The summed E-state index contributed by atoms with van der Waals surface area (Å²) < 4.78 is 11.0. The Morgan fingerprint density at radius 3 is 2.43 bits per heavy atom. The number of carbonyl (C=O) groups is 1. The lowest BCUT2D eigenvalue weighted by molar-refractivity contribution is 0.0211. The number of carbonyl (C=O) groups excluding carboxylic acids is 1. The molecule has 5 heteroatoms. The van der Waals surface area contributed by atoms with Crippen molar-refractivity contribution in [3.63, 3.8) is 0 Å². The van der Waals surface area contributed by atoms with E-state index >= 15 is 0 Å². The van der Waals surface area contributed by atoms with Crippen molar-refractivity contribution in [2.24, 2.45) is 5.92 Å². The number of amides is 1. The molecule has 2 aromatic heterocycles. The monoisotopic (exact) mass is 376 g/mol. The molecule has 2 atom stereocenters. The van der Waals surface area contributed by atoms with Crippen LogP contribution in [0.5, 0.6) is 0 Å². The molecule has 3 aliphatic rings. The molecule has 5 heterocycles. The summed E-state index contributed by atoms with van der Waals surface area (Å²) >= 11 is 0. The van der Waals surface area contributed by atoms with Crippen LogP contribution >= 0.6 is 0 Å². The summed E-state index contributed by atoms with van der Waals surface area (Å²) in [4.78, 5) is 15.2. The summed E-state index contributed by atoms with van der Waals surface area (Å²) in [7, 11) is 0. The van der Waals surface area contributed by atoms with Gasteiger partial charge in [-0.15, -0.1) is 0 Å². The predicted molar refractivity (Wildman–Crippen MR) is 107 cm³/mol. The Morgan fingerprint density at radius 1 is 1.00 bits per heavy atom. The van der Waals surface area contributed by atoms with Gasteiger partial charge in [-0.05, 0) is 62.5 Å². The van der Waals surface area contributed by atoms with Crippen molar-refractivity contribution in [3.05, 3.63) is 60.8 Å². The molecule has 0 saturated carbocycles. The van der Waals surface area contributed by atoms with E-state index in [0.717, 1.165) is 29.8 Å². The molecular formula is C23H24N2O3. The summed E-state index contributed by atoms with van der Waals surface area (Å²) in [6, 6.07) is 14.2. The number of nitrogens with zero attached hydrogens (tertiary/aromatic N) is 1. The van der Waals surface area contributed by atoms with E-state index in [2.05, 4.69) is 17.1 Å². The van der Waals surface area contributed by atoms with Crippen molar-refractivity contribution in [3.8, 4) is 22.5 Å². The van der Waals surface area contributed by atoms with Gasteiger partial charge >= 0.3 is 0 Å². The van der Waals surface area contributed by atoms with Gasteiger partial charge in [0.2, 0.25) is 0 Å². The highest BCUT2D eigenvalue weighted by atomic mass is 16.4. The number of nitrogens with one attached hydrogen (secondary N) is 1. The van der Waals surface area contributed by atoms with Crippen molar-refractivity contribution >= 4 is 5.91 Å². The minimum absolute atomic E-state index is 0.119. The zero-order valence-corrected chi connectivity index (χ0v) is 15.9. The van der Waals surface area contributed by atoms with Crippen molar-refractivity contribution < 1.29 is 13.6 Å². The molecule has 0 aliphatic carbocycles. The van der Waals surface area contributed by atoms with Gasteiger partial charge in [0.25, 0.3) is 5.91 Å². The van der Waals surface area contributed by atoms with Crippen molar-refractivity contribution in [2.45, 2.75) is 31.8 Å². The quantitative estimate of drug-likeness (QED) is 0.732. The number of hydrogen-bond acceptors (Lipinski definition) is 4. The van der Waals surface area contributed by atoms with Gasteiger partial charge < -0.3 is 14.2 Å². The lowest BCUT2D eigenvalue weighted by atomic mass is 9.79. The van der Waals surface area contributed by atoms with E-state index in [4.69, 9.17) is 8.83 Å². The topological polar surface area (TPSA) is 58.6 Å². The van der Waals surface area contributed by atoms with Crippen LogP contribution in [0, 0.1) is 5.92 Å². The van der Waals surface area contributed by atoms with Crippen LogP contribution in [0.1, 0.15) is 30.3 Å². The number of benzene rings is 1. The molecule has 0 unspecified atom stereocenters. The lowest BCUT2D eigenvalue weighted by Gasteiger charge is -2.49. The highest BCUT2D eigenvalue weighted by Crippen LogP contribution is 2.32. The molecule has 5 nitrogen and oxygen atoms in total. The second kappa shape index (κ2) is 6.99. The molecule has 3 aromatic rings. The molecule has 3 fully saturated rings. The average molecular weight is 376 g/mol. The molecule has 28 heavy (non-hydrogen) atoms. The maximum absolute atomic E-state index is 12.8. The van der Waals surface area contributed by atoms with E-state index in [1.807, 2.05) is 36.4 Å². The summed E-state index contributed by atoms with van der Waals surface area (Å²) in [5.74, 6) is 1.53. The molecule has 6 rings (SSSR count). The zero-order chi connectivity index (χ0) is 19.1. The van der Waals surface area contributed by atoms with E-state index in [1.54, 1.807) is 18.6 Å². The summed E-state index contributed by atoms with van der Waals surface area (Å²) in [5, 5.41) is 3.22.